The molecule has 0 aromatic carbocycles. The summed E-state index contributed by atoms with van der Waals surface area (Å²) in [6.45, 7) is 2.43. The van der Waals surface area contributed by atoms with E-state index in [0.29, 0.717) is 13.0 Å². The van der Waals surface area contributed by atoms with E-state index in [9.17, 15) is 4.79 Å². The first-order chi connectivity index (χ1) is 11.2. The molecule has 6 heteroatoms. The molecule has 3 aromatic heterocycles. The van der Waals surface area contributed by atoms with Gasteiger partial charge in [0.1, 0.15) is 5.65 Å². The van der Waals surface area contributed by atoms with Gasteiger partial charge >= 0.3 is 0 Å². The molecule has 3 heterocycles. The molecule has 4 rings (SSSR count). The van der Waals surface area contributed by atoms with Crippen LogP contribution in [-0.4, -0.2) is 25.5 Å². The largest absolute Gasteiger partial charge is 0.350 e. The minimum atomic E-state index is -0.00602. The highest BCUT2D eigenvalue weighted by Gasteiger charge is 2.19. The van der Waals surface area contributed by atoms with Crippen LogP contribution >= 0.6 is 0 Å². The number of amides is 1. The maximum atomic E-state index is 12.3. The van der Waals surface area contributed by atoms with Crippen LogP contribution in [-0.2, 0) is 30.6 Å². The summed E-state index contributed by atoms with van der Waals surface area (Å²) in [6.07, 6.45) is 5.56. The first-order valence-electron chi connectivity index (χ1n) is 7.96. The maximum Gasteiger partial charge on any atom is 0.226 e. The molecular weight excluding hydrogens is 290 g/mol. The molecule has 0 unspecified atom stereocenters. The fraction of sp³-hybridized carbons (Fsp3) is 0.353. The summed E-state index contributed by atoms with van der Waals surface area (Å²) >= 11 is 0. The van der Waals surface area contributed by atoms with Crippen LogP contribution in [0.1, 0.15) is 34.8 Å². The van der Waals surface area contributed by atoms with Crippen molar-refractivity contribution in [3.05, 3.63) is 52.7 Å². The number of carbonyl (C=O) groups excluding carboxylic acids is 1. The number of imidazole rings is 1. The van der Waals surface area contributed by atoms with E-state index in [0.717, 1.165) is 35.6 Å². The van der Waals surface area contributed by atoms with Crippen molar-refractivity contribution in [2.45, 2.75) is 39.2 Å². The number of hydrogen-bond acceptors (Lipinski definition) is 3. The Labute approximate surface area is 133 Å². The standard InChI is InChI=1S/C17H19N5O/c1-11-15(22-8-3-2-7-16(22)19-11)9-17(23)18-10-14-12-5-4-6-13(12)20-21-14/h2-3,7-8H,4-6,9-10H2,1H3,(H,18,23)(H,20,21). The Morgan fingerprint density at radius 2 is 2.30 bits per heavy atom. The van der Waals surface area contributed by atoms with Gasteiger partial charge in [0.15, 0.2) is 0 Å². The Balaban J connectivity index is 1.46. The molecular formula is C17H19N5O. The number of hydrogen-bond donors (Lipinski definition) is 2. The van der Waals surface area contributed by atoms with Gasteiger partial charge in [-0.25, -0.2) is 4.98 Å². The van der Waals surface area contributed by atoms with Gasteiger partial charge in [-0.05, 0) is 43.9 Å². The number of aryl methyl sites for hydroxylation is 2. The van der Waals surface area contributed by atoms with Crippen molar-refractivity contribution in [2.75, 3.05) is 0 Å². The van der Waals surface area contributed by atoms with Crippen LogP contribution in [0.4, 0.5) is 0 Å². The molecule has 0 radical (unpaired) electrons. The molecule has 1 aliphatic carbocycles. The zero-order valence-electron chi connectivity index (χ0n) is 13.1. The number of carbonyl (C=O) groups is 1. The van der Waals surface area contributed by atoms with Gasteiger partial charge in [-0.15, -0.1) is 0 Å². The fourth-order valence-corrected chi connectivity index (χ4v) is 3.31. The summed E-state index contributed by atoms with van der Waals surface area (Å²) in [4.78, 5) is 16.8. The van der Waals surface area contributed by atoms with Gasteiger partial charge in [0, 0.05) is 11.9 Å². The number of H-pyrrole nitrogens is 1. The zero-order valence-corrected chi connectivity index (χ0v) is 13.1. The molecule has 3 aromatic rings. The first kappa shape index (κ1) is 14.0. The lowest BCUT2D eigenvalue weighted by Gasteiger charge is -2.05. The van der Waals surface area contributed by atoms with Crippen LogP contribution in [0.5, 0.6) is 0 Å². The summed E-state index contributed by atoms with van der Waals surface area (Å²) in [5.74, 6) is -0.00602. The van der Waals surface area contributed by atoms with Crippen LogP contribution in [0.25, 0.3) is 5.65 Å². The molecule has 118 valence electrons. The molecule has 0 bridgehead atoms. The number of nitrogens with zero attached hydrogens (tertiary/aromatic N) is 3. The molecule has 0 spiro atoms. The summed E-state index contributed by atoms with van der Waals surface area (Å²) < 4.78 is 1.97. The van der Waals surface area contributed by atoms with Crippen LogP contribution in [0.2, 0.25) is 0 Å². The number of aromatic nitrogens is 4. The molecule has 0 fully saturated rings. The second-order valence-corrected chi connectivity index (χ2v) is 6.01. The third-order valence-corrected chi connectivity index (χ3v) is 4.50. The lowest BCUT2D eigenvalue weighted by molar-refractivity contribution is -0.120. The van der Waals surface area contributed by atoms with Crippen molar-refractivity contribution in [3.8, 4) is 0 Å². The number of aromatic amines is 1. The average molecular weight is 309 g/mol. The van der Waals surface area contributed by atoms with Gasteiger partial charge in [-0.1, -0.05) is 6.07 Å². The molecule has 0 aliphatic heterocycles. The topological polar surface area (TPSA) is 75.1 Å². The van der Waals surface area contributed by atoms with Crippen molar-refractivity contribution in [1.82, 2.24) is 24.9 Å². The molecule has 0 saturated carbocycles. The third kappa shape index (κ3) is 2.50. The maximum absolute atomic E-state index is 12.3. The van der Waals surface area contributed by atoms with Crippen molar-refractivity contribution in [2.24, 2.45) is 0 Å². The molecule has 1 amide bonds. The molecule has 6 nitrogen and oxygen atoms in total. The van der Waals surface area contributed by atoms with E-state index in [1.54, 1.807) is 0 Å². The van der Waals surface area contributed by atoms with Gasteiger partial charge in [0.05, 0.1) is 30.0 Å². The normalized spacial score (nSPS) is 13.4. The molecule has 2 N–H and O–H groups in total. The highest BCUT2D eigenvalue weighted by molar-refractivity contribution is 5.78. The summed E-state index contributed by atoms with van der Waals surface area (Å²) in [7, 11) is 0. The SMILES string of the molecule is Cc1nc2ccccn2c1CC(=O)NCc1n[nH]c2c1CCC2. The number of fused-ring (bicyclic) bond motifs is 2. The average Bonchev–Trinajstić information content (AvgIpc) is 3.21. The Hall–Kier alpha value is -2.63. The van der Waals surface area contributed by atoms with E-state index < -0.39 is 0 Å². The lowest BCUT2D eigenvalue weighted by atomic mass is 10.2. The van der Waals surface area contributed by atoms with E-state index >= 15 is 0 Å². The Morgan fingerprint density at radius 3 is 3.22 bits per heavy atom. The van der Waals surface area contributed by atoms with E-state index in [1.807, 2.05) is 35.7 Å². The quantitative estimate of drug-likeness (QED) is 0.770. The number of pyridine rings is 1. The van der Waals surface area contributed by atoms with Crippen molar-refractivity contribution in [3.63, 3.8) is 0 Å². The Morgan fingerprint density at radius 1 is 1.39 bits per heavy atom. The summed E-state index contributed by atoms with van der Waals surface area (Å²) in [5, 5.41) is 10.4. The van der Waals surface area contributed by atoms with Crippen LogP contribution < -0.4 is 5.32 Å². The highest BCUT2D eigenvalue weighted by Crippen LogP contribution is 2.22. The van der Waals surface area contributed by atoms with Gasteiger partial charge in [0.25, 0.3) is 0 Å². The minimum absolute atomic E-state index is 0.00602. The van der Waals surface area contributed by atoms with Gasteiger partial charge in [-0.2, -0.15) is 5.10 Å². The second-order valence-electron chi connectivity index (χ2n) is 6.01. The highest BCUT2D eigenvalue weighted by atomic mass is 16.1. The third-order valence-electron chi connectivity index (χ3n) is 4.50. The predicted octanol–water partition coefficient (Wildman–Crippen LogP) is 1.71. The molecule has 23 heavy (non-hydrogen) atoms. The van der Waals surface area contributed by atoms with Crippen LogP contribution in [0.3, 0.4) is 0 Å². The van der Waals surface area contributed by atoms with Crippen molar-refractivity contribution < 1.29 is 4.79 Å². The molecule has 0 atom stereocenters. The van der Waals surface area contributed by atoms with E-state index in [4.69, 9.17) is 0 Å². The zero-order chi connectivity index (χ0) is 15.8. The molecule has 0 saturated heterocycles. The first-order valence-corrected chi connectivity index (χ1v) is 7.96. The Kier molecular flexibility index (Phi) is 3.37. The summed E-state index contributed by atoms with van der Waals surface area (Å²) in [5.41, 5.74) is 6.19. The number of nitrogens with one attached hydrogen (secondary N) is 2. The van der Waals surface area contributed by atoms with Gasteiger partial charge in [-0.3, -0.25) is 9.89 Å². The van der Waals surface area contributed by atoms with E-state index in [2.05, 4.69) is 20.5 Å². The van der Waals surface area contributed by atoms with Gasteiger partial charge < -0.3 is 9.72 Å². The van der Waals surface area contributed by atoms with Crippen molar-refractivity contribution in [1.29, 1.82) is 0 Å². The van der Waals surface area contributed by atoms with E-state index in [1.165, 1.54) is 17.7 Å². The lowest BCUT2D eigenvalue weighted by Crippen LogP contribution is -2.26. The minimum Gasteiger partial charge on any atom is -0.350 e. The van der Waals surface area contributed by atoms with Crippen LogP contribution in [0, 0.1) is 6.92 Å². The predicted molar refractivity (Wildman–Crippen MR) is 86.1 cm³/mol. The molecule has 1 aliphatic rings. The smallest absolute Gasteiger partial charge is 0.226 e. The van der Waals surface area contributed by atoms with Gasteiger partial charge in [0.2, 0.25) is 5.91 Å². The fourth-order valence-electron chi connectivity index (χ4n) is 3.31. The number of rotatable bonds is 4. The van der Waals surface area contributed by atoms with E-state index in [-0.39, 0.29) is 5.91 Å². The Bertz CT molecular complexity index is 876. The monoisotopic (exact) mass is 309 g/mol. The second kappa shape index (κ2) is 5.53. The van der Waals surface area contributed by atoms with Crippen molar-refractivity contribution >= 4 is 11.6 Å². The summed E-state index contributed by atoms with van der Waals surface area (Å²) in [6, 6.07) is 5.84. The van der Waals surface area contributed by atoms with Crippen LogP contribution in [0.15, 0.2) is 24.4 Å².